The van der Waals surface area contributed by atoms with E-state index >= 15 is 0 Å². The van der Waals surface area contributed by atoms with Gasteiger partial charge >= 0.3 is 0 Å². The fraction of sp³-hybridized carbons (Fsp3) is 0.0435. The van der Waals surface area contributed by atoms with Gasteiger partial charge in [0.15, 0.2) is 5.75 Å². The molecular weight excluding hydrogens is 674 g/mol. The molecule has 3 rings (SSSR count). The van der Waals surface area contributed by atoms with E-state index < -0.39 is 0 Å². The molecule has 3 aromatic carbocycles. The summed E-state index contributed by atoms with van der Waals surface area (Å²) in [6.07, 6.45) is 7.40. The van der Waals surface area contributed by atoms with E-state index in [1.807, 2.05) is 43.3 Å². The predicted molar refractivity (Wildman–Crippen MR) is 210 cm³/mol. The molecule has 3 aromatic rings. The SMILES string of the molecule is C#CC#CC#CC#CC#CC#CC#CC#CC#CC#CC#CC#CC#COc1ccc(N=Nc2ccc(N=Nc3ccc(N(C)C)cc3)cc2)cc1Cl. The van der Waals surface area contributed by atoms with Crippen molar-refractivity contribution in [1.29, 1.82) is 0 Å². The van der Waals surface area contributed by atoms with Crippen LogP contribution in [0.2, 0.25) is 5.02 Å². The fourth-order valence-corrected chi connectivity index (χ4v) is 3.28. The quantitative estimate of drug-likeness (QED) is 0.202. The molecule has 0 fully saturated rings. The highest BCUT2D eigenvalue weighted by Crippen LogP contribution is 2.30. The van der Waals surface area contributed by atoms with E-state index in [0.29, 0.717) is 27.8 Å². The summed E-state index contributed by atoms with van der Waals surface area (Å²) in [6, 6.07) is 19.9. The van der Waals surface area contributed by atoms with Crippen LogP contribution < -0.4 is 9.64 Å². The minimum Gasteiger partial charge on any atom is -0.405 e. The Bertz CT molecular complexity index is 2750. The molecule has 6 nitrogen and oxygen atoms in total. The summed E-state index contributed by atoms with van der Waals surface area (Å²) < 4.78 is 5.35. The van der Waals surface area contributed by atoms with Gasteiger partial charge in [0.25, 0.3) is 0 Å². The van der Waals surface area contributed by atoms with Gasteiger partial charge in [-0.1, -0.05) is 11.6 Å². The number of hydrogen-bond donors (Lipinski definition) is 0. The van der Waals surface area contributed by atoms with Crippen LogP contribution in [0.15, 0.2) is 87.2 Å². The molecule has 0 atom stereocenters. The first-order chi connectivity index (χ1) is 26.0. The van der Waals surface area contributed by atoms with Crippen molar-refractivity contribution >= 4 is 40.0 Å². The average molecular weight is 692 g/mol. The molecule has 0 spiro atoms. The molecule has 0 radical (unpaired) electrons. The maximum atomic E-state index is 6.31. The molecule has 0 N–H and O–H groups in total. The molecule has 0 aliphatic rings. The number of anilines is 1. The van der Waals surface area contributed by atoms with Crippen LogP contribution in [0.5, 0.6) is 5.75 Å². The standard InChI is InChI=1S/C46H18ClN5O/c1-4-5-6-7-8-9-10-11-12-13-14-15-16-17-18-19-20-21-22-23-24-25-26-27-38-53-46-37-34-43(39-45(46)47)51-50-41-30-28-40(29-31-41)48-49-42-32-35-44(36-33-42)52(2)3/h1,28-37,39H,2-3H3. The first-order valence-corrected chi connectivity index (χ1v) is 15.1. The number of hydrogen-bond acceptors (Lipinski definition) is 6. The van der Waals surface area contributed by atoms with Crippen molar-refractivity contribution in [2.75, 3.05) is 19.0 Å². The highest BCUT2D eigenvalue weighted by atomic mass is 35.5. The minimum atomic E-state index is 0.305. The molecule has 53 heavy (non-hydrogen) atoms. The molecule has 0 amide bonds. The van der Waals surface area contributed by atoms with Crippen LogP contribution in [0.4, 0.5) is 28.4 Å². The van der Waals surface area contributed by atoms with Gasteiger partial charge in [0, 0.05) is 115 Å². The lowest BCUT2D eigenvalue weighted by atomic mass is 10.3. The lowest BCUT2D eigenvalue weighted by Gasteiger charge is -2.11. The van der Waals surface area contributed by atoms with Crippen LogP contribution in [0.3, 0.4) is 0 Å². The zero-order valence-corrected chi connectivity index (χ0v) is 28.7. The third-order valence-corrected chi connectivity index (χ3v) is 5.65. The second kappa shape index (κ2) is 24.2. The molecule has 0 aliphatic heterocycles. The van der Waals surface area contributed by atoms with E-state index in [0.717, 1.165) is 11.4 Å². The third-order valence-electron chi connectivity index (χ3n) is 5.35. The van der Waals surface area contributed by atoms with Crippen LogP contribution >= 0.6 is 11.6 Å². The van der Waals surface area contributed by atoms with Crippen molar-refractivity contribution in [3.63, 3.8) is 0 Å². The normalized spacial score (nSPS) is 7.81. The van der Waals surface area contributed by atoms with E-state index in [4.69, 9.17) is 22.8 Å². The first kappa shape index (κ1) is 38.5. The van der Waals surface area contributed by atoms with Crippen molar-refractivity contribution in [1.82, 2.24) is 0 Å². The molecule has 7 heteroatoms. The molecule has 240 valence electrons. The summed E-state index contributed by atoms with van der Waals surface area (Å²) in [5.41, 5.74) is 3.71. The molecule has 0 bridgehead atoms. The number of nitrogens with zero attached hydrogens (tertiary/aromatic N) is 5. The topological polar surface area (TPSA) is 61.9 Å². The van der Waals surface area contributed by atoms with Gasteiger partial charge in [-0.3, -0.25) is 0 Å². The number of halogens is 1. The zero-order chi connectivity index (χ0) is 37.6. The van der Waals surface area contributed by atoms with E-state index in [1.54, 1.807) is 42.5 Å². The van der Waals surface area contributed by atoms with E-state index in [1.165, 1.54) is 0 Å². The maximum Gasteiger partial charge on any atom is 0.159 e. The van der Waals surface area contributed by atoms with Crippen molar-refractivity contribution < 1.29 is 4.74 Å². The summed E-state index contributed by atoms with van der Waals surface area (Å²) in [7, 11) is 3.97. The molecular formula is C46H18ClN5O. The summed E-state index contributed by atoms with van der Waals surface area (Å²) in [4.78, 5) is 2.02. The van der Waals surface area contributed by atoms with Gasteiger partial charge in [-0.15, -0.1) is 6.42 Å². The van der Waals surface area contributed by atoms with Crippen LogP contribution in [0.25, 0.3) is 0 Å². The smallest absolute Gasteiger partial charge is 0.159 e. The molecule has 0 unspecified atom stereocenters. The Hall–Kier alpha value is -8.97. The molecule has 0 aliphatic carbocycles. The van der Waals surface area contributed by atoms with Gasteiger partial charge in [0.2, 0.25) is 0 Å². The van der Waals surface area contributed by atoms with Crippen molar-refractivity contribution in [2.45, 2.75) is 0 Å². The number of azo groups is 2. The number of benzene rings is 3. The van der Waals surface area contributed by atoms with Crippen molar-refractivity contribution in [3.8, 4) is 160 Å². The Kier molecular flexibility index (Phi) is 17.6. The predicted octanol–water partition coefficient (Wildman–Crippen LogP) is 7.25. The summed E-state index contributed by atoms with van der Waals surface area (Å²) in [6.45, 7) is 0. The Morgan fingerprint density at radius 3 is 1.13 bits per heavy atom. The van der Waals surface area contributed by atoms with Crippen molar-refractivity contribution in [3.05, 3.63) is 71.8 Å². The van der Waals surface area contributed by atoms with E-state index in [-0.39, 0.29) is 0 Å². The van der Waals surface area contributed by atoms with E-state index in [2.05, 4.69) is 169 Å². The number of ether oxygens (including phenoxy) is 1. The van der Waals surface area contributed by atoms with Crippen LogP contribution in [0, 0.1) is 155 Å². The van der Waals surface area contributed by atoms with Crippen LogP contribution in [0.1, 0.15) is 0 Å². The van der Waals surface area contributed by atoms with Gasteiger partial charge in [-0.2, -0.15) is 20.5 Å². The third kappa shape index (κ3) is 17.1. The molecule has 0 saturated carbocycles. The summed E-state index contributed by atoms with van der Waals surface area (Å²) in [5.74, 6) is 59.8. The van der Waals surface area contributed by atoms with Gasteiger partial charge in [0.1, 0.15) is 6.11 Å². The lowest BCUT2D eigenvalue weighted by Crippen LogP contribution is -2.07. The van der Waals surface area contributed by atoms with Crippen LogP contribution in [-0.4, -0.2) is 14.1 Å². The molecule has 0 heterocycles. The monoisotopic (exact) mass is 691 g/mol. The lowest BCUT2D eigenvalue weighted by molar-refractivity contribution is 0.520. The Balaban J connectivity index is 1.41. The van der Waals surface area contributed by atoms with Gasteiger partial charge in [-0.05, 0) is 114 Å². The average Bonchev–Trinajstić information content (AvgIpc) is 3.17. The highest BCUT2D eigenvalue weighted by Gasteiger charge is 2.02. The van der Waals surface area contributed by atoms with E-state index in [9.17, 15) is 0 Å². The minimum absolute atomic E-state index is 0.305. The maximum absolute atomic E-state index is 6.31. The van der Waals surface area contributed by atoms with Gasteiger partial charge < -0.3 is 9.64 Å². The largest absolute Gasteiger partial charge is 0.405 e. The zero-order valence-electron chi connectivity index (χ0n) is 28.0. The Labute approximate surface area is 315 Å². The first-order valence-electron chi connectivity index (χ1n) is 14.7. The summed E-state index contributed by atoms with van der Waals surface area (Å²) in [5, 5.41) is 17.3. The second-order valence-electron chi connectivity index (χ2n) is 9.17. The second-order valence-corrected chi connectivity index (χ2v) is 9.57. The van der Waals surface area contributed by atoms with Crippen molar-refractivity contribution in [2.24, 2.45) is 20.5 Å². The number of rotatable bonds is 6. The molecule has 0 saturated heterocycles. The van der Waals surface area contributed by atoms with Gasteiger partial charge in [0.05, 0.1) is 27.8 Å². The van der Waals surface area contributed by atoms with Gasteiger partial charge in [-0.25, -0.2) is 0 Å². The molecule has 0 aromatic heterocycles. The van der Waals surface area contributed by atoms with Crippen LogP contribution in [-0.2, 0) is 0 Å². The summed E-state index contributed by atoms with van der Waals surface area (Å²) >= 11 is 6.31. The Morgan fingerprint density at radius 1 is 0.453 bits per heavy atom. The fourth-order valence-electron chi connectivity index (χ4n) is 3.07. The Morgan fingerprint density at radius 2 is 0.774 bits per heavy atom. The number of terminal acetylenes is 1. The highest BCUT2D eigenvalue weighted by molar-refractivity contribution is 6.32.